The van der Waals surface area contributed by atoms with Crippen LogP contribution >= 0.6 is 31.2 Å². The Bertz CT molecular complexity index is 3090. The largest absolute Gasteiger partial charge is 0.250 e. The number of rotatable bonds is 0. The molecule has 1 aliphatic rings. The van der Waals surface area contributed by atoms with Gasteiger partial charge in [-0.3, -0.25) is 0 Å². The normalized spacial score (nSPS) is 15.5. The maximum Gasteiger partial charge on any atom is 0.250 e. The molecule has 0 spiro atoms. The van der Waals surface area contributed by atoms with Gasteiger partial charge in [-0.1, -0.05) is 60.7 Å². The van der Waals surface area contributed by atoms with Crippen molar-refractivity contribution in [2.75, 3.05) is 0 Å². The number of halogens is 24. The van der Waals surface area contributed by atoms with Crippen LogP contribution in [-0.4, -0.2) is 28.2 Å². The quantitative estimate of drug-likeness (QED) is 0.0856. The average Bonchev–Trinajstić information content (AvgIpc) is 4.10. The predicted octanol–water partition coefficient (Wildman–Crippen LogP) is 17.9. The first-order valence-corrected chi connectivity index (χ1v) is 29.7. The molecule has 0 N–H and O–H groups in total. The Morgan fingerprint density at radius 2 is 0.488 bits per heavy atom. The third-order valence-electron chi connectivity index (χ3n) is 8.91. The van der Waals surface area contributed by atoms with Crippen molar-refractivity contribution in [3.63, 3.8) is 0 Å². The van der Waals surface area contributed by atoms with Crippen LogP contribution in [0.1, 0.15) is 36.1 Å². The molecule has 0 unspecified atom stereocenters. The average molecular weight is 1290 g/mol. The standard InChI is InChI=1S/C38H34N10.2C2H3N.4F6P/c1-2-8-32-24-42-16-20-46(28-42)36-12-6-14-38(40-36)48-22-18-44(30-48)26-34-10-4-3-9-33(34)25-43-17-21-47(29-43)37-13-5-11-35(39-37)45-19-15-41(27-45)23-31(32)7-1;2*1-2-3;4*1-7(2,3,4,5)6/h1-22,27-30H,23-26H2;2*1H3;;;;/q+4;;;4*-1. The molecule has 82 heavy (non-hydrogen) atoms. The predicted molar refractivity (Wildman–Crippen MR) is 253 cm³/mol. The molecule has 8 aromatic rings. The zero-order valence-electron chi connectivity index (χ0n) is 41.1. The van der Waals surface area contributed by atoms with Gasteiger partial charge in [0.1, 0.15) is 75.8 Å². The van der Waals surface area contributed by atoms with E-state index in [1.807, 2.05) is 24.3 Å². The summed E-state index contributed by atoms with van der Waals surface area (Å²) in [6.45, 7) is 5.88. The second kappa shape index (κ2) is 21.4. The van der Waals surface area contributed by atoms with E-state index in [0.717, 1.165) is 49.5 Å². The van der Waals surface area contributed by atoms with E-state index in [0.29, 0.717) is 0 Å². The number of aromatic nitrogens is 10. The van der Waals surface area contributed by atoms with Crippen molar-refractivity contribution in [3.8, 4) is 35.4 Å². The monoisotopic (exact) mass is 1290 g/mol. The molecule has 0 atom stereocenters. The maximum absolute atomic E-state index is 10.7. The van der Waals surface area contributed by atoms with E-state index >= 15 is 0 Å². The molecule has 0 saturated heterocycles. The minimum Gasteiger partial charge on any atom is -0.232 e. The van der Waals surface area contributed by atoms with E-state index in [-0.39, 0.29) is 0 Å². The zero-order chi connectivity index (χ0) is 62.9. The number of hydrogen-bond donors (Lipinski definition) is 0. The number of nitriles is 2. The molecule has 2 aromatic carbocycles. The molecule has 0 fully saturated rings. The third kappa shape index (κ3) is 35.4. The smallest absolute Gasteiger partial charge is 0.232 e. The first kappa shape index (κ1) is 68.9. The van der Waals surface area contributed by atoms with E-state index in [2.05, 4.69) is 172 Å². The van der Waals surface area contributed by atoms with Crippen LogP contribution in [0.4, 0.5) is 101 Å². The first-order chi connectivity index (χ1) is 36.3. The number of hydrogen-bond acceptors (Lipinski definition) is 4. The van der Waals surface area contributed by atoms with Crippen molar-refractivity contribution < 1.29 is 119 Å². The van der Waals surface area contributed by atoms with Gasteiger partial charge in [0.25, 0.3) is 25.3 Å². The van der Waals surface area contributed by atoms with Crippen LogP contribution in [0.2, 0.25) is 0 Å². The number of nitrogens with zero attached hydrogens (tertiary/aromatic N) is 12. The molecular formula is C42H40F24N12P4. The Hall–Kier alpha value is -7.40. The van der Waals surface area contributed by atoms with Gasteiger partial charge in [0.15, 0.2) is 0 Å². The summed E-state index contributed by atoms with van der Waals surface area (Å²) in [4.78, 5) is 10.0. The van der Waals surface area contributed by atoms with Crippen LogP contribution in [0, 0.1) is 22.7 Å². The fraction of sp³-hybridized carbons (Fsp3) is 0.143. The molecule has 0 radical (unpaired) electrons. The zero-order valence-corrected chi connectivity index (χ0v) is 44.6. The Kier molecular flexibility index (Phi) is 18.0. The summed E-state index contributed by atoms with van der Waals surface area (Å²) in [5.41, 5.74) is 5.07. The van der Waals surface area contributed by atoms with Crippen molar-refractivity contribution in [3.05, 3.63) is 182 Å². The molecule has 1 aliphatic heterocycles. The van der Waals surface area contributed by atoms with Crippen molar-refractivity contribution in [1.29, 1.82) is 10.5 Å². The van der Waals surface area contributed by atoms with Gasteiger partial charge < -0.3 is 0 Å². The van der Waals surface area contributed by atoms with Crippen LogP contribution in [0.5, 0.6) is 0 Å². The van der Waals surface area contributed by atoms with Crippen LogP contribution in [-0.2, 0) is 26.2 Å². The van der Waals surface area contributed by atoms with Gasteiger partial charge in [-0.15, -0.1) is 0 Å². The van der Waals surface area contributed by atoms with Gasteiger partial charge in [0.2, 0.25) is 23.3 Å². The van der Waals surface area contributed by atoms with Gasteiger partial charge >= 0.3 is 132 Å². The van der Waals surface area contributed by atoms with E-state index < -0.39 is 31.2 Å². The molecule has 456 valence electrons. The SMILES string of the molecule is CC#N.CC#N.F[P-](F)(F)(F)(F)F.F[P-](F)(F)(F)(F)F.F[P-](F)(F)(F)(F)F.F[P-](F)(F)(F)(F)F.c1cc2nc(c1)-n1cc[n+](c1)Cc1ccccc1C[n+]1ccn(c1)-c1cccc(n1)-n1cc[n+](c1)Cc1ccccc1C[n+]1ccn-2c1. The second-order valence-corrected chi connectivity index (χ2v) is 24.2. The molecule has 7 heterocycles. The molecule has 12 bridgehead atoms. The minimum absolute atomic E-state index is 0.754. The van der Waals surface area contributed by atoms with Crippen LogP contribution < -0.4 is 18.3 Å². The Morgan fingerprint density at radius 1 is 0.329 bits per heavy atom. The van der Waals surface area contributed by atoms with Crippen LogP contribution in [0.15, 0.2) is 160 Å². The molecular weight excluding hydrogens is 1250 g/mol. The third-order valence-corrected chi connectivity index (χ3v) is 8.91. The fourth-order valence-corrected chi connectivity index (χ4v) is 6.41. The molecule has 12 nitrogen and oxygen atoms in total. The number of pyridine rings is 2. The van der Waals surface area contributed by atoms with Crippen molar-refractivity contribution in [2.24, 2.45) is 0 Å². The molecule has 40 heteroatoms. The summed E-state index contributed by atoms with van der Waals surface area (Å²) < 4.78 is 254. The van der Waals surface area contributed by atoms with Gasteiger partial charge in [-0.2, -0.15) is 38.8 Å². The molecule has 0 aliphatic carbocycles. The van der Waals surface area contributed by atoms with E-state index in [1.165, 1.54) is 36.1 Å². The van der Waals surface area contributed by atoms with E-state index in [1.54, 1.807) is 12.1 Å². The summed E-state index contributed by atoms with van der Waals surface area (Å²) in [7, 11) is -42.6. The van der Waals surface area contributed by atoms with Crippen molar-refractivity contribution in [1.82, 2.24) is 28.2 Å². The van der Waals surface area contributed by atoms with Gasteiger partial charge in [0.05, 0.1) is 12.1 Å². The number of benzene rings is 2. The fourth-order valence-electron chi connectivity index (χ4n) is 6.41. The summed E-state index contributed by atoms with van der Waals surface area (Å²) in [6.07, 6.45) is 25.1. The van der Waals surface area contributed by atoms with Gasteiger partial charge in [0, 0.05) is 60.4 Å². The van der Waals surface area contributed by atoms with E-state index in [9.17, 15) is 101 Å². The molecule has 0 saturated carbocycles. The van der Waals surface area contributed by atoms with Crippen LogP contribution in [0.3, 0.4) is 0 Å². The Morgan fingerprint density at radius 3 is 0.646 bits per heavy atom. The van der Waals surface area contributed by atoms with E-state index in [4.69, 9.17) is 20.5 Å². The van der Waals surface area contributed by atoms with Gasteiger partial charge in [-0.25, -0.2) is 18.3 Å². The maximum atomic E-state index is 9.87. The Labute approximate surface area is 445 Å². The van der Waals surface area contributed by atoms with Crippen LogP contribution in [0.25, 0.3) is 23.3 Å². The Balaban J connectivity index is 0.000000424. The first-order valence-electron chi connectivity index (χ1n) is 21.6. The summed E-state index contributed by atoms with van der Waals surface area (Å²) in [5.74, 6) is 3.46. The summed E-state index contributed by atoms with van der Waals surface area (Å²) >= 11 is 0. The molecule has 0 amide bonds. The molecule has 9 rings (SSSR count). The molecule has 6 aromatic heterocycles. The number of fused-ring (bicyclic) bond motifs is 18. The minimum atomic E-state index is -10.7. The summed E-state index contributed by atoms with van der Waals surface area (Å²) in [5, 5.41) is 14.6. The van der Waals surface area contributed by atoms with Gasteiger partial charge in [-0.05, 0) is 0 Å². The topological polar surface area (TPSA) is 109 Å². The summed E-state index contributed by atoms with van der Waals surface area (Å²) in [6, 6.07) is 33.1. The van der Waals surface area contributed by atoms with Crippen molar-refractivity contribution in [2.45, 2.75) is 40.0 Å². The second-order valence-electron chi connectivity index (χ2n) is 16.5. The number of imidazole rings is 4. The van der Waals surface area contributed by atoms with Crippen molar-refractivity contribution >= 4 is 31.2 Å².